The molecule has 0 atom stereocenters. The number of carbonyl (C=O) groups excluding carboxylic acids is 1. The van der Waals surface area contributed by atoms with E-state index in [-0.39, 0.29) is 31.6 Å². The van der Waals surface area contributed by atoms with E-state index in [1.54, 1.807) is 11.0 Å². The van der Waals surface area contributed by atoms with Crippen LogP contribution in [0.4, 0.5) is 14.6 Å². The molecule has 0 spiro atoms. The van der Waals surface area contributed by atoms with Crippen LogP contribution < -0.4 is 9.64 Å². The molecule has 114 valence electrons. The van der Waals surface area contributed by atoms with Crippen LogP contribution in [0, 0.1) is 0 Å². The highest BCUT2D eigenvalue weighted by molar-refractivity contribution is 5.88. The lowest BCUT2D eigenvalue weighted by atomic mass is 10.1. The summed E-state index contributed by atoms with van der Waals surface area (Å²) in [6, 6.07) is 1.55. The molecule has 2 aliphatic rings. The molecular weight excluding hydrogens is 282 g/mol. The van der Waals surface area contributed by atoms with Gasteiger partial charge in [0.1, 0.15) is 11.6 Å². The minimum absolute atomic E-state index is 0.144. The highest BCUT2D eigenvalue weighted by Gasteiger charge is 2.36. The second-order valence-electron chi connectivity index (χ2n) is 5.24. The molecule has 0 saturated carbocycles. The second-order valence-corrected chi connectivity index (χ2v) is 5.24. The van der Waals surface area contributed by atoms with Crippen molar-refractivity contribution in [2.75, 3.05) is 31.7 Å². The number of alkyl halides is 2. The van der Waals surface area contributed by atoms with Crippen LogP contribution in [0.3, 0.4) is 0 Å². The van der Waals surface area contributed by atoms with Crippen LogP contribution in [0.1, 0.15) is 28.9 Å². The number of methoxy groups -OCH3 is 1. The van der Waals surface area contributed by atoms with Gasteiger partial charge in [0.15, 0.2) is 5.69 Å². The number of carbonyl (C=O) groups is 1. The standard InChI is InChI=1S/C14H16F2N2O3/c1-20-13(19)10-8-11-9(2-7-21-11)12(17-10)18-5-3-14(15,16)4-6-18/h8H,2-7H2,1H3. The van der Waals surface area contributed by atoms with Gasteiger partial charge in [-0.1, -0.05) is 0 Å². The first-order valence-corrected chi connectivity index (χ1v) is 6.88. The normalized spacial score (nSPS) is 19.9. The number of esters is 1. The summed E-state index contributed by atoms with van der Waals surface area (Å²) >= 11 is 0. The maximum Gasteiger partial charge on any atom is 0.356 e. The molecule has 1 saturated heterocycles. The van der Waals surface area contributed by atoms with Crippen LogP contribution in [0.15, 0.2) is 6.07 Å². The molecule has 7 heteroatoms. The number of hydrogen-bond acceptors (Lipinski definition) is 5. The SMILES string of the molecule is COC(=O)c1cc2c(c(N3CCC(F)(F)CC3)n1)CCO2. The predicted molar refractivity (Wildman–Crippen MR) is 71.2 cm³/mol. The number of rotatable bonds is 2. The summed E-state index contributed by atoms with van der Waals surface area (Å²) in [7, 11) is 1.28. The maximum atomic E-state index is 13.3. The summed E-state index contributed by atoms with van der Waals surface area (Å²) in [4.78, 5) is 17.8. The van der Waals surface area contributed by atoms with Crippen molar-refractivity contribution in [1.29, 1.82) is 0 Å². The van der Waals surface area contributed by atoms with Gasteiger partial charge in [-0.3, -0.25) is 0 Å². The van der Waals surface area contributed by atoms with Crippen molar-refractivity contribution in [3.63, 3.8) is 0 Å². The molecule has 5 nitrogen and oxygen atoms in total. The Bertz CT molecular complexity index is 568. The van der Waals surface area contributed by atoms with Gasteiger partial charge in [0, 0.05) is 44.0 Å². The van der Waals surface area contributed by atoms with Crippen LogP contribution >= 0.6 is 0 Å². The van der Waals surface area contributed by atoms with Crippen molar-refractivity contribution in [3.8, 4) is 5.75 Å². The summed E-state index contributed by atoms with van der Waals surface area (Å²) in [6.45, 7) is 0.951. The highest BCUT2D eigenvalue weighted by Crippen LogP contribution is 2.37. The van der Waals surface area contributed by atoms with Gasteiger partial charge in [0.2, 0.25) is 0 Å². The third-order valence-corrected chi connectivity index (χ3v) is 3.86. The molecule has 0 N–H and O–H groups in total. The zero-order valence-electron chi connectivity index (χ0n) is 11.7. The lowest BCUT2D eigenvalue weighted by molar-refractivity contribution is -0.0221. The molecule has 21 heavy (non-hydrogen) atoms. The number of piperidine rings is 1. The van der Waals surface area contributed by atoms with Gasteiger partial charge in [-0.25, -0.2) is 18.6 Å². The van der Waals surface area contributed by atoms with Gasteiger partial charge in [0.05, 0.1) is 13.7 Å². The van der Waals surface area contributed by atoms with Crippen LogP contribution in [0.2, 0.25) is 0 Å². The Kier molecular flexibility index (Phi) is 3.43. The largest absolute Gasteiger partial charge is 0.493 e. The maximum absolute atomic E-state index is 13.3. The fourth-order valence-corrected chi connectivity index (χ4v) is 2.68. The molecule has 0 aromatic carbocycles. The molecule has 1 fully saturated rings. The fraction of sp³-hybridized carbons (Fsp3) is 0.571. The lowest BCUT2D eigenvalue weighted by Crippen LogP contribution is -2.40. The molecule has 0 unspecified atom stereocenters. The second kappa shape index (κ2) is 5.13. The van der Waals surface area contributed by atoms with Gasteiger partial charge in [0.25, 0.3) is 5.92 Å². The smallest absolute Gasteiger partial charge is 0.356 e. The number of halogens is 2. The topological polar surface area (TPSA) is 51.7 Å². The number of nitrogens with zero attached hydrogens (tertiary/aromatic N) is 2. The first kappa shape index (κ1) is 14.0. The predicted octanol–water partition coefficient (Wildman–Crippen LogP) is 2.04. The van der Waals surface area contributed by atoms with Crippen molar-refractivity contribution in [2.45, 2.75) is 25.2 Å². The molecule has 1 aromatic heterocycles. The highest BCUT2D eigenvalue weighted by atomic mass is 19.3. The van der Waals surface area contributed by atoms with Crippen LogP contribution in [-0.4, -0.2) is 43.7 Å². The number of fused-ring (bicyclic) bond motifs is 1. The first-order valence-electron chi connectivity index (χ1n) is 6.88. The van der Waals surface area contributed by atoms with Gasteiger partial charge >= 0.3 is 5.97 Å². The Morgan fingerprint density at radius 3 is 2.81 bits per heavy atom. The Morgan fingerprint density at radius 2 is 2.14 bits per heavy atom. The van der Waals surface area contributed by atoms with E-state index in [1.165, 1.54) is 7.11 Å². The number of pyridine rings is 1. The van der Waals surface area contributed by atoms with Crippen LogP contribution in [0.25, 0.3) is 0 Å². The molecule has 0 bridgehead atoms. The van der Waals surface area contributed by atoms with Crippen LogP contribution in [0.5, 0.6) is 5.75 Å². The lowest BCUT2D eigenvalue weighted by Gasteiger charge is -2.33. The Labute approximate surface area is 120 Å². The average Bonchev–Trinajstić information content (AvgIpc) is 2.94. The molecule has 0 amide bonds. The van der Waals surface area contributed by atoms with Crippen molar-refractivity contribution in [1.82, 2.24) is 4.98 Å². The molecule has 3 heterocycles. The third-order valence-electron chi connectivity index (χ3n) is 3.86. The quantitative estimate of drug-likeness (QED) is 0.782. The summed E-state index contributed by atoms with van der Waals surface area (Å²) in [5.41, 5.74) is 1.03. The molecule has 0 radical (unpaired) electrons. The van der Waals surface area contributed by atoms with E-state index in [0.29, 0.717) is 24.6 Å². The molecule has 2 aliphatic heterocycles. The summed E-state index contributed by atoms with van der Waals surface area (Å²) in [6.07, 6.45) is 0.269. The van der Waals surface area contributed by atoms with Crippen molar-refractivity contribution < 1.29 is 23.0 Å². The summed E-state index contributed by atoms with van der Waals surface area (Å²) < 4.78 is 36.7. The number of aromatic nitrogens is 1. The van der Waals surface area contributed by atoms with E-state index in [2.05, 4.69) is 9.72 Å². The minimum atomic E-state index is -2.61. The summed E-state index contributed by atoms with van der Waals surface area (Å²) in [5.74, 6) is -2.01. The van der Waals surface area contributed by atoms with Crippen LogP contribution in [-0.2, 0) is 11.2 Å². The average molecular weight is 298 g/mol. The first-order chi connectivity index (χ1) is 10.00. The Balaban J connectivity index is 1.94. The Morgan fingerprint density at radius 1 is 1.43 bits per heavy atom. The minimum Gasteiger partial charge on any atom is -0.493 e. The van der Waals surface area contributed by atoms with E-state index < -0.39 is 11.9 Å². The fourth-order valence-electron chi connectivity index (χ4n) is 2.68. The van der Waals surface area contributed by atoms with Crippen molar-refractivity contribution in [2.24, 2.45) is 0 Å². The van der Waals surface area contributed by atoms with E-state index in [0.717, 1.165) is 5.56 Å². The van der Waals surface area contributed by atoms with E-state index >= 15 is 0 Å². The molecule has 0 aliphatic carbocycles. The zero-order chi connectivity index (χ0) is 15.0. The summed E-state index contributed by atoms with van der Waals surface area (Å²) in [5, 5.41) is 0. The van der Waals surface area contributed by atoms with Crippen molar-refractivity contribution >= 4 is 11.8 Å². The molecule has 1 aromatic rings. The molecule has 3 rings (SSSR count). The zero-order valence-corrected chi connectivity index (χ0v) is 11.7. The van der Waals surface area contributed by atoms with E-state index in [1.807, 2.05) is 0 Å². The van der Waals surface area contributed by atoms with E-state index in [4.69, 9.17) is 4.74 Å². The van der Waals surface area contributed by atoms with Gasteiger partial charge < -0.3 is 14.4 Å². The third kappa shape index (κ3) is 2.64. The number of hydrogen-bond donors (Lipinski definition) is 0. The number of anilines is 1. The number of ether oxygens (including phenoxy) is 2. The van der Waals surface area contributed by atoms with Gasteiger partial charge in [-0.05, 0) is 0 Å². The van der Waals surface area contributed by atoms with Crippen molar-refractivity contribution in [3.05, 3.63) is 17.3 Å². The van der Waals surface area contributed by atoms with Gasteiger partial charge in [-0.15, -0.1) is 0 Å². The Hall–Kier alpha value is -1.92. The molecular formula is C14H16F2N2O3. The monoisotopic (exact) mass is 298 g/mol. The van der Waals surface area contributed by atoms with E-state index in [9.17, 15) is 13.6 Å². The van der Waals surface area contributed by atoms with Gasteiger partial charge in [-0.2, -0.15) is 0 Å².